The number of methoxy groups -OCH3 is 1. The van der Waals surface area contributed by atoms with Crippen molar-refractivity contribution in [2.75, 3.05) is 7.11 Å². The van der Waals surface area contributed by atoms with Crippen LogP contribution in [0.25, 0.3) is 11.1 Å². The summed E-state index contributed by atoms with van der Waals surface area (Å²) in [6.07, 6.45) is -4.81. The van der Waals surface area contributed by atoms with Crippen LogP contribution in [-0.2, 0) is 0 Å². The van der Waals surface area contributed by atoms with Crippen LogP contribution in [-0.4, -0.2) is 24.5 Å². The number of carbonyl (C=O) groups is 1. The molecule has 0 saturated carbocycles. The van der Waals surface area contributed by atoms with Crippen LogP contribution in [0.5, 0.6) is 11.5 Å². The Balaban J connectivity index is 2.48. The summed E-state index contributed by atoms with van der Waals surface area (Å²) in [6, 6.07) is 9.41. The molecular formula is C15H11F3O4. The van der Waals surface area contributed by atoms with Crippen LogP contribution in [0.15, 0.2) is 42.5 Å². The molecule has 0 amide bonds. The molecule has 116 valence electrons. The van der Waals surface area contributed by atoms with Gasteiger partial charge in [0.15, 0.2) is 0 Å². The Morgan fingerprint density at radius 3 is 2.41 bits per heavy atom. The van der Waals surface area contributed by atoms with E-state index in [9.17, 15) is 23.1 Å². The number of ether oxygens (including phenoxy) is 2. The highest BCUT2D eigenvalue weighted by Crippen LogP contribution is 2.31. The number of rotatable bonds is 4. The number of hydrogen-bond donors (Lipinski definition) is 1. The van der Waals surface area contributed by atoms with Gasteiger partial charge >= 0.3 is 12.3 Å². The summed E-state index contributed by atoms with van der Waals surface area (Å²) < 4.78 is 45.5. The molecule has 0 saturated heterocycles. The lowest BCUT2D eigenvalue weighted by atomic mass is 9.99. The van der Waals surface area contributed by atoms with Crippen LogP contribution in [0.3, 0.4) is 0 Å². The largest absolute Gasteiger partial charge is 0.573 e. The zero-order valence-corrected chi connectivity index (χ0v) is 11.3. The van der Waals surface area contributed by atoms with Gasteiger partial charge in [0, 0.05) is 0 Å². The van der Waals surface area contributed by atoms with Crippen molar-refractivity contribution in [1.82, 2.24) is 0 Å². The number of halogens is 3. The third kappa shape index (κ3) is 3.69. The third-order valence-corrected chi connectivity index (χ3v) is 2.84. The summed E-state index contributed by atoms with van der Waals surface area (Å²) in [5.74, 6) is -1.29. The highest BCUT2D eigenvalue weighted by molar-refractivity contribution is 5.96. The number of carboxylic acid groups (broad SMARTS) is 1. The second-order valence-electron chi connectivity index (χ2n) is 4.29. The summed E-state index contributed by atoms with van der Waals surface area (Å²) in [6.45, 7) is 0. The molecule has 2 aromatic rings. The van der Waals surface area contributed by atoms with Crippen molar-refractivity contribution >= 4 is 5.97 Å². The SMILES string of the molecule is COc1ccc(-c2cccc(OC(F)(F)F)c2)c(C(=O)O)c1. The molecule has 1 N–H and O–H groups in total. The molecule has 0 radical (unpaired) electrons. The van der Waals surface area contributed by atoms with Crippen molar-refractivity contribution < 1.29 is 32.5 Å². The quantitative estimate of drug-likeness (QED) is 0.928. The molecule has 22 heavy (non-hydrogen) atoms. The van der Waals surface area contributed by atoms with Crippen molar-refractivity contribution in [3.63, 3.8) is 0 Å². The Hall–Kier alpha value is -2.70. The minimum atomic E-state index is -4.81. The summed E-state index contributed by atoms with van der Waals surface area (Å²) in [5, 5.41) is 9.24. The van der Waals surface area contributed by atoms with Gasteiger partial charge in [-0.05, 0) is 41.5 Å². The minimum absolute atomic E-state index is 0.0801. The lowest BCUT2D eigenvalue weighted by molar-refractivity contribution is -0.274. The van der Waals surface area contributed by atoms with Crippen LogP contribution in [0, 0.1) is 0 Å². The van der Waals surface area contributed by atoms with E-state index in [4.69, 9.17) is 4.74 Å². The number of aromatic carboxylic acids is 1. The summed E-state index contributed by atoms with van der Waals surface area (Å²) in [4.78, 5) is 11.3. The van der Waals surface area contributed by atoms with Crippen molar-refractivity contribution in [2.45, 2.75) is 6.36 Å². The molecule has 0 atom stereocenters. The van der Waals surface area contributed by atoms with E-state index in [-0.39, 0.29) is 11.1 Å². The first kappa shape index (κ1) is 15.7. The van der Waals surface area contributed by atoms with Gasteiger partial charge in [0.05, 0.1) is 12.7 Å². The number of carboxylic acids is 1. The van der Waals surface area contributed by atoms with Gasteiger partial charge < -0.3 is 14.6 Å². The average molecular weight is 312 g/mol. The van der Waals surface area contributed by atoms with E-state index in [1.54, 1.807) is 0 Å². The van der Waals surface area contributed by atoms with Crippen LogP contribution >= 0.6 is 0 Å². The Labute approximate surface area is 123 Å². The van der Waals surface area contributed by atoms with Crippen LogP contribution in [0.1, 0.15) is 10.4 Å². The highest BCUT2D eigenvalue weighted by Gasteiger charge is 2.31. The highest BCUT2D eigenvalue weighted by atomic mass is 19.4. The Morgan fingerprint density at radius 1 is 1.09 bits per heavy atom. The van der Waals surface area contributed by atoms with E-state index < -0.39 is 18.1 Å². The number of hydrogen-bond acceptors (Lipinski definition) is 3. The second-order valence-corrected chi connectivity index (χ2v) is 4.29. The maximum absolute atomic E-state index is 12.2. The smallest absolute Gasteiger partial charge is 0.497 e. The number of alkyl halides is 3. The molecule has 0 heterocycles. The molecule has 0 fully saturated rings. The molecule has 0 aromatic heterocycles. The fourth-order valence-corrected chi connectivity index (χ4v) is 1.94. The summed E-state index contributed by atoms with van der Waals surface area (Å²) >= 11 is 0. The van der Waals surface area contributed by atoms with Crippen LogP contribution in [0.2, 0.25) is 0 Å². The van der Waals surface area contributed by atoms with Crippen LogP contribution in [0.4, 0.5) is 13.2 Å². The summed E-state index contributed by atoms with van der Waals surface area (Å²) in [5.41, 5.74) is 0.478. The lowest BCUT2D eigenvalue weighted by Crippen LogP contribution is -2.17. The molecule has 0 bridgehead atoms. The van der Waals surface area contributed by atoms with Gasteiger partial charge in [0.1, 0.15) is 11.5 Å². The zero-order valence-electron chi connectivity index (χ0n) is 11.3. The van der Waals surface area contributed by atoms with Crippen molar-refractivity contribution in [2.24, 2.45) is 0 Å². The van der Waals surface area contributed by atoms with Crippen molar-refractivity contribution in [3.8, 4) is 22.6 Å². The normalized spacial score (nSPS) is 11.1. The van der Waals surface area contributed by atoms with E-state index in [0.717, 1.165) is 12.1 Å². The molecule has 0 aliphatic heterocycles. The molecule has 0 spiro atoms. The zero-order chi connectivity index (χ0) is 16.3. The maximum atomic E-state index is 12.2. The predicted molar refractivity (Wildman–Crippen MR) is 72.1 cm³/mol. The van der Waals surface area contributed by atoms with E-state index in [1.165, 1.54) is 37.4 Å². The topological polar surface area (TPSA) is 55.8 Å². The fourth-order valence-electron chi connectivity index (χ4n) is 1.94. The van der Waals surface area contributed by atoms with E-state index in [1.807, 2.05) is 0 Å². The minimum Gasteiger partial charge on any atom is -0.497 e. The molecule has 0 aliphatic rings. The number of benzene rings is 2. The Kier molecular flexibility index (Phi) is 4.25. The second kappa shape index (κ2) is 5.97. The van der Waals surface area contributed by atoms with E-state index in [0.29, 0.717) is 11.3 Å². The van der Waals surface area contributed by atoms with Crippen molar-refractivity contribution in [3.05, 3.63) is 48.0 Å². The monoisotopic (exact) mass is 312 g/mol. The van der Waals surface area contributed by atoms with Gasteiger partial charge in [-0.3, -0.25) is 0 Å². The fraction of sp³-hybridized carbons (Fsp3) is 0.133. The first-order valence-electron chi connectivity index (χ1n) is 6.07. The standard InChI is InChI=1S/C15H11F3O4/c1-21-10-5-6-12(13(8-10)14(19)20)9-3-2-4-11(7-9)22-15(16,17)18/h2-8H,1H3,(H,19,20). The van der Waals surface area contributed by atoms with E-state index in [2.05, 4.69) is 4.74 Å². The predicted octanol–water partition coefficient (Wildman–Crippen LogP) is 3.96. The molecule has 2 aromatic carbocycles. The maximum Gasteiger partial charge on any atom is 0.573 e. The Morgan fingerprint density at radius 2 is 1.82 bits per heavy atom. The molecule has 4 nitrogen and oxygen atoms in total. The molecular weight excluding hydrogens is 301 g/mol. The molecule has 2 rings (SSSR count). The third-order valence-electron chi connectivity index (χ3n) is 2.84. The first-order chi connectivity index (χ1) is 10.3. The molecule has 0 aliphatic carbocycles. The molecule has 7 heteroatoms. The molecule has 0 unspecified atom stereocenters. The van der Waals surface area contributed by atoms with Gasteiger partial charge in [0.2, 0.25) is 0 Å². The summed E-state index contributed by atoms with van der Waals surface area (Å²) in [7, 11) is 1.39. The van der Waals surface area contributed by atoms with E-state index >= 15 is 0 Å². The van der Waals surface area contributed by atoms with Gasteiger partial charge in [-0.2, -0.15) is 0 Å². The van der Waals surface area contributed by atoms with Gasteiger partial charge in [-0.15, -0.1) is 13.2 Å². The average Bonchev–Trinajstić information content (AvgIpc) is 2.45. The van der Waals surface area contributed by atoms with Gasteiger partial charge in [0.25, 0.3) is 0 Å². The van der Waals surface area contributed by atoms with Crippen molar-refractivity contribution in [1.29, 1.82) is 0 Å². The Bertz CT molecular complexity index is 695. The first-order valence-corrected chi connectivity index (χ1v) is 6.07. The van der Waals surface area contributed by atoms with Gasteiger partial charge in [-0.1, -0.05) is 12.1 Å². The van der Waals surface area contributed by atoms with Crippen LogP contribution < -0.4 is 9.47 Å². The lowest BCUT2D eigenvalue weighted by Gasteiger charge is -2.12. The van der Waals surface area contributed by atoms with Gasteiger partial charge in [-0.25, -0.2) is 4.79 Å².